The molecular formula is C18H12F5NO3. The highest BCUT2D eigenvalue weighted by molar-refractivity contribution is 5.97. The average molecular weight is 385 g/mol. The van der Waals surface area contributed by atoms with Crippen LogP contribution in [-0.2, 0) is 20.9 Å². The van der Waals surface area contributed by atoms with Crippen molar-refractivity contribution in [2.75, 3.05) is 0 Å². The summed E-state index contributed by atoms with van der Waals surface area (Å²) in [6.45, 7) is -0.119. The number of hydrogen-bond donors (Lipinski definition) is 1. The number of hydrogen-bond acceptors (Lipinski definition) is 3. The molecule has 2 rings (SSSR count). The molecule has 0 heterocycles. The topological polar surface area (TPSA) is 55.4 Å². The molecule has 27 heavy (non-hydrogen) atoms. The van der Waals surface area contributed by atoms with Crippen molar-refractivity contribution < 1.29 is 36.3 Å². The van der Waals surface area contributed by atoms with Crippen molar-refractivity contribution in [3.63, 3.8) is 0 Å². The number of amides is 1. The number of carbonyl (C=O) groups excluding carboxylic acids is 2. The fourth-order valence-corrected chi connectivity index (χ4v) is 2.04. The Balaban J connectivity index is 2.27. The number of ether oxygens (including phenoxy) is 1. The lowest BCUT2D eigenvalue weighted by atomic mass is 10.1. The summed E-state index contributed by atoms with van der Waals surface area (Å²) in [7, 11) is 0. The molecule has 4 nitrogen and oxygen atoms in total. The largest absolute Gasteiger partial charge is 0.456 e. The summed E-state index contributed by atoms with van der Waals surface area (Å²) in [5, 5.41) is 2.18. The zero-order chi connectivity index (χ0) is 20.1. The van der Waals surface area contributed by atoms with Gasteiger partial charge in [-0.3, -0.25) is 4.79 Å². The van der Waals surface area contributed by atoms with Crippen LogP contribution in [0.15, 0.2) is 36.0 Å². The molecule has 1 N–H and O–H groups in total. The molecule has 0 radical (unpaired) electrons. The molecule has 0 aliphatic rings. The highest BCUT2D eigenvalue weighted by atomic mass is 19.2. The van der Waals surface area contributed by atoms with Crippen LogP contribution in [0.1, 0.15) is 18.1 Å². The Hall–Kier alpha value is -3.23. The van der Waals surface area contributed by atoms with Crippen LogP contribution in [0.3, 0.4) is 0 Å². The van der Waals surface area contributed by atoms with E-state index in [9.17, 15) is 31.5 Å². The molecule has 0 unspecified atom stereocenters. The number of nitrogens with one attached hydrogen (secondary N) is 1. The summed E-state index contributed by atoms with van der Waals surface area (Å²) in [6, 6.07) is 8.20. The van der Waals surface area contributed by atoms with Gasteiger partial charge in [0.1, 0.15) is 12.3 Å². The van der Waals surface area contributed by atoms with Crippen LogP contribution in [0.2, 0.25) is 0 Å². The summed E-state index contributed by atoms with van der Waals surface area (Å²) < 4.78 is 71.2. The Morgan fingerprint density at radius 1 is 0.926 bits per heavy atom. The molecule has 0 fully saturated rings. The van der Waals surface area contributed by atoms with Crippen molar-refractivity contribution in [2.24, 2.45) is 0 Å². The zero-order valence-electron chi connectivity index (χ0n) is 13.8. The van der Waals surface area contributed by atoms with Gasteiger partial charge in [-0.15, -0.1) is 0 Å². The molecule has 1 amide bonds. The van der Waals surface area contributed by atoms with Gasteiger partial charge in [-0.1, -0.05) is 30.3 Å². The quantitative estimate of drug-likeness (QED) is 0.281. The standard InChI is InChI=1S/C18H12F5NO3/c1-9(25)24-12(7-10-5-3-2-4-6-10)18(26)27-8-11-13(19)15(21)17(23)16(22)14(11)20/h2-7H,8H2,1H3,(H,24,25)/b12-7-. The summed E-state index contributed by atoms with van der Waals surface area (Å²) in [6.07, 6.45) is 1.22. The average Bonchev–Trinajstić information content (AvgIpc) is 2.64. The van der Waals surface area contributed by atoms with E-state index in [2.05, 4.69) is 10.1 Å². The lowest BCUT2D eigenvalue weighted by Crippen LogP contribution is -2.26. The second-order valence-electron chi connectivity index (χ2n) is 5.27. The number of carbonyl (C=O) groups is 2. The van der Waals surface area contributed by atoms with E-state index in [0.29, 0.717) is 5.56 Å². The van der Waals surface area contributed by atoms with Gasteiger partial charge in [0, 0.05) is 6.92 Å². The summed E-state index contributed by atoms with van der Waals surface area (Å²) in [5.74, 6) is -12.7. The summed E-state index contributed by atoms with van der Waals surface area (Å²) in [4.78, 5) is 23.3. The lowest BCUT2D eigenvalue weighted by molar-refractivity contribution is -0.141. The van der Waals surface area contributed by atoms with E-state index >= 15 is 0 Å². The first-order valence-electron chi connectivity index (χ1n) is 7.44. The second-order valence-corrected chi connectivity index (χ2v) is 5.27. The van der Waals surface area contributed by atoms with Crippen molar-refractivity contribution in [1.82, 2.24) is 5.32 Å². The fourth-order valence-electron chi connectivity index (χ4n) is 2.04. The number of rotatable bonds is 5. The van der Waals surface area contributed by atoms with Gasteiger partial charge in [0.05, 0.1) is 5.56 Å². The Morgan fingerprint density at radius 2 is 1.44 bits per heavy atom. The van der Waals surface area contributed by atoms with E-state index < -0.39 is 53.1 Å². The van der Waals surface area contributed by atoms with E-state index in [1.54, 1.807) is 30.3 Å². The fraction of sp³-hybridized carbons (Fsp3) is 0.111. The molecule has 0 atom stereocenters. The third kappa shape index (κ3) is 4.69. The monoisotopic (exact) mass is 385 g/mol. The van der Waals surface area contributed by atoms with Gasteiger partial charge in [0.25, 0.3) is 0 Å². The normalized spacial score (nSPS) is 11.3. The molecule has 0 bridgehead atoms. The van der Waals surface area contributed by atoms with Gasteiger partial charge < -0.3 is 10.1 Å². The van der Waals surface area contributed by atoms with Crippen LogP contribution >= 0.6 is 0 Å². The van der Waals surface area contributed by atoms with E-state index in [-0.39, 0.29) is 5.70 Å². The molecule has 2 aromatic rings. The highest BCUT2D eigenvalue weighted by Gasteiger charge is 2.26. The smallest absolute Gasteiger partial charge is 0.355 e. The van der Waals surface area contributed by atoms with E-state index in [4.69, 9.17) is 0 Å². The zero-order valence-corrected chi connectivity index (χ0v) is 13.8. The second kappa shape index (κ2) is 8.43. The van der Waals surface area contributed by atoms with Gasteiger partial charge in [-0.25, -0.2) is 26.7 Å². The first-order valence-corrected chi connectivity index (χ1v) is 7.44. The van der Waals surface area contributed by atoms with Gasteiger partial charge in [0.15, 0.2) is 23.3 Å². The number of benzene rings is 2. The predicted octanol–water partition coefficient (Wildman–Crippen LogP) is 3.60. The van der Waals surface area contributed by atoms with Crippen LogP contribution in [0.4, 0.5) is 22.0 Å². The van der Waals surface area contributed by atoms with Crippen LogP contribution in [0.25, 0.3) is 6.08 Å². The summed E-state index contributed by atoms with van der Waals surface area (Å²) >= 11 is 0. The van der Waals surface area contributed by atoms with Crippen molar-refractivity contribution in [1.29, 1.82) is 0 Å². The Labute approximate surface area is 150 Å². The van der Waals surface area contributed by atoms with E-state index in [0.717, 1.165) is 6.92 Å². The van der Waals surface area contributed by atoms with Gasteiger partial charge in [0.2, 0.25) is 11.7 Å². The lowest BCUT2D eigenvalue weighted by Gasteiger charge is -2.11. The Kier molecular flexibility index (Phi) is 6.27. The SMILES string of the molecule is CC(=O)N/C(=C\c1ccccc1)C(=O)OCc1c(F)c(F)c(F)c(F)c1F. The van der Waals surface area contributed by atoms with Gasteiger partial charge in [-0.2, -0.15) is 0 Å². The highest BCUT2D eigenvalue weighted by Crippen LogP contribution is 2.23. The van der Waals surface area contributed by atoms with Crippen LogP contribution < -0.4 is 5.32 Å². The van der Waals surface area contributed by atoms with Crippen LogP contribution in [0, 0.1) is 29.1 Å². The maximum atomic E-state index is 13.6. The molecule has 0 aliphatic heterocycles. The maximum absolute atomic E-state index is 13.6. The first kappa shape index (κ1) is 20.1. The molecule has 0 saturated carbocycles. The van der Waals surface area contributed by atoms with Crippen LogP contribution in [0.5, 0.6) is 0 Å². The Morgan fingerprint density at radius 3 is 1.96 bits per heavy atom. The third-order valence-electron chi connectivity index (χ3n) is 3.29. The third-order valence-corrected chi connectivity index (χ3v) is 3.29. The number of halogens is 5. The van der Waals surface area contributed by atoms with Crippen molar-refractivity contribution >= 4 is 18.0 Å². The maximum Gasteiger partial charge on any atom is 0.355 e. The van der Waals surface area contributed by atoms with E-state index in [1.165, 1.54) is 6.08 Å². The molecular weight excluding hydrogens is 373 g/mol. The minimum atomic E-state index is -2.32. The minimum Gasteiger partial charge on any atom is -0.456 e. The predicted molar refractivity (Wildman–Crippen MR) is 84.3 cm³/mol. The molecule has 0 aliphatic carbocycles. The molecule has 0 spiro atoms. The molecule has 142 valence electrons. The molecule has 2 aromatic carbocycles. The van der Waals surface area contributed by atoms with Crippen molar-refractivity contribution in [2.45, 2.75) is 13.5 Å². The van der Waals surface area contributed by atoms with Gasteiger partial charge in [-0.05, 0) is 11.6 Å². The summed E-state index contributed by atoms with van der Waals surface area (Å²) in [5.41, 5.74) is -1.19. The minimum absolute atomic E-state index is 0.377. The molecule has 0 aromatic heterocycles. The number of esters is 1. The Bertz CT molecular complexity index is 884. The van der Waals surface area contributed by atoms with Crippen LogP contribution in [-0.4, -0.2) is 11.9 Å². The van der Waals surface area contributed by atoms with Gasteiger partial charge >= 0.3 is 5.97 Å². The van der Waals surface area contributed by atoms with Crippen molar-refractivity contribution in [3.05, 3.63) is 76.2 Å². The molecule has 9 heteroatoms. The first-order chi connectivity index (χ1) is 12.7. The van der Waals surface area contributed by atoms with E-state index in [1.807, 2.05) is 0 Å². The van der Waals surface area contributed by atoms with Crippen molar-refractivity contribution in [3.8, 4) is 0 Å². The molecule has 0 saturated heterocycles.